The topological polar surface area (TPSA) is 94.0 Å². The van der Waals surface area contributed by atoms with Crippen LogP contribution in [0.5, 0.6) is 0 Å². The maximum absolute atomic E-state index is 12.4. The zero-order valence-electron chi connectivity index (χ0n) is 14.2. The van der Waals surface area contributed by atoms with E-state index in [4.69, 9.17) is 4.74 Å². The van der Waals surface area contributed by atoms with Crippen molar-refractivity contribution in [2.75, 3.05) is 0 Å². The normalized spacial score (nSPS) is 19.1. The van der Waals surface area contributed by atoms with Crippen molar-refractivity contribution in [2.45, 2.75) is 25.1 Å². The van der Waals surface area contributed by atoms with Gasteiger partial charge in [-0.25, -0.2) is 10.9 Å². The Morgan fingerprint density at radius 2 is 1.93 bits per heavy atom. The molecule has 0 spiro atoms. The highest BCUT2D eigenvalue weighted by Gasteiger charge is 2.31. The standard InChI is InChI=1S/C18H17BrN6O2/c19-13-8-6-12(7-9-13)15-10-16(21-20-15)18(26)27-11-17-22-23-24-25(17)14-4-2-1-3-5-14/h1-9,15-16,20-21H,10-11H2. The Morgan fingerprint density at radius 1 is 1.15 bits per heavy atom. The average Bonchev–Trinajstić information content (AvgIpc) is 3.37. The van der Waals surface area contributed by atoms with Crippen LogP contribution in [-0.4, -0.2) is 32.2 Å². The third-order valence-electron chi connectivity index (χ3n) is 4.34. The molecule has 1 aliphatic heterocycles. The predicted octanol–water partition coefficient (Wildman–Crippen LogP) is 2.08. The summed E-state index contributed by atoms with van der Waals surface area (Å²) in [5, 5.41) is 11.6. The number of hydrogen-bond donors (Lipinski definition) is 2. The Morgan fingerprint density at radius 3 is 2.70 bits per heavy atom. The zero-order chi connectivity index (χ0) is 18.6. The van der Waals surface area contributed by atoms with E-state index in [9.17, 15) is 4.79 Å². The third-order valence-corrected chi connectivity index (χ3v) is 4.87. The molecule has 0 saturated carbocycles. The first-order valence-electron chi connectivity index (χ1n) is 8.46. The van der Waals surface area contributed by atoms with Gasteiger partial charge in [-0.05, 0) is 46.7 Å². The van der Waals surface area contributed by atoms with Gasteiger partial charge < -0.3 is 4.74 Å². The van der Waals surface area contributed by atoms with Crippen molar-refractivity contribution in [2.24, 2.45) is 0 Å². The van der Waals surface area contributed by atoms with Crippen LogP contribution in [-0.2, 0) is 16.1 Å². The Kier molecular flexibility index (Phi) is 5.23. The van der Waals surface area contributed by atoms with Crippen molar-refractivity contribution in [1.29, 1.82) is 0 Å². The summed E-state index contributed by atoms with van der Waals surface area (Å²) < 4.78 is 8.00. The molecule has 0 radical (unpaired) electrons. The molecule has 0 bridgehead atoms. The van der Waals surface area contributed by atoms with Crippen molar-refractivity contribution in [3.05, 3.63) is 70.5 Å². The maximum Gasteiger partial charge on any atom is 0.325 e. The summed E-state index contributed by atoms with van der Waals surface area (Å²) in [7, 11) is 0. The van der Waals surface area contributed by atoms with Gasteiger partial charge in [-0.3, -0.25) is 4.79 Å². The lowest BCUT2D eigenvalue weighted by Crippen LogP contribution is -2.37. The molecule has 8 nitrogen and oxygen atoms in total. The van der Waals surface area contributed by atoms with E-state index in [1.54, 1.807) is 4.68 Å². The molecule has 2 atom stereocenters. The highest BCUT2D eigenvalue weighted by Crippen LogP contribution is 2.24. The predicted molar refractivity (Wildman–Crippen MR) is 101 cm³/mol. The SMILES string of the molecule is O=C(OCc1nnnn1-c1ccccc1)C1CC(c2ccc(Br)cc2)NN1. The number of carbonyl (C=O) groups is 1. The minimum absolute atomic E-state index is 0.00184. The van der Waals surface area contributed by atoms with E-state index in [1.807, 2.05) is 54.6 Å². The number of halogens is 1. The Labute approximate surface area is 164 Å². The first-order chi connectivity index (χ1) is 13.2. The molecule has 0 amide bonds. The maximum atomic E-state index is 12.4. The number of para-hydroxylation sites is 1. The molecular formula is C18H17BrN6O2. The van der Waals surface area contributed by atoms with Crippen LogP contribution in [0, 0.1) is 0 Å². The number of hydrazine groups is 1. The fourth-order valence-electron chi connectivity index (χ4n) is 2.93. The molecule has 2 unspecified atom stereocenters. The molecular weight excluding hydrogens is 412 g/mol. The Balaban J connectivity index is 1.36. The number of nitrogens with one attached hydrogen (secondary N) is 2. The average molecular weight is 429 g/mol. The van der Waals surface area contributed by atoms with Crippen molar-refractivity contribution in [3.8, 4) is 5.69 Å². The summed E-state index contributed by atoms with van der Waals surface area (Å²) in [6, 6.07) is 17.1. The highest BCUT2D eigenvalue weighted by atomic mass is 79.9. The van der Waals surface area contributed by atoms with E-state index in [-0.39, 0.29) is 18.6 Å². The van der Waals surface area contributed by atoms with E-state index < -0.39 is 6.04 Å². The fourth-order valence-corrected chi connectivity index (χ4v) is 3.19. The lowest BCUT2D eigenvalue weighted by atomic mass is 10.0. The number of rotatable bonds is 5. The summed E-state index contributed by atoms with van der Waals surface area (Å²) in [6.45, 7) is 0.00184. The molecule has 1 fully saturated rings. The quantitative estimate of drug-likeness (QED) is 0.600. The number of esters is 1. The summed E-state index contributed by atoms with van der Waals surface area (Å²) in [5.41, 5.74) is 8.06. The van der Waals surface area contributed by atoms with Crippen LogP contribution in [0.25, 0.3) is 5.69 Å². The molecule has 9 heteroatoms. The van der Waals surface area contributed by atoms with Gasteiger partial charge in [0.05, 0.1) is 5.69 Å². The molecule has 2 N–H and O–H groups in total. The van der Waals surface area contributed by atoms with Gasteiger partial charge in [0, 0.05) is 10.5 Å². The zero-order valence-corrected chi connectivity index (χ0v) is 15.8. The number of aromatic nitrogens is 4. The minimum Gasteiger partial charge on any atom is -0.456 e. The first kappa shape index (κ1) is 17.8. The monoisotopic (exact) mass is 428 g/mol. The van der Waals surface area contributed by atoms with Crippen LogP contribution in [0.3, 0.4) is 0 Å². The number of hydrogen-bond acceptors (Lipinski definition) is 7. The Bertz CT molecular complexity index is 915. The van der Waals surface area contributed by atoms with Gasteiger partial charge in [0.25, 0.3) is 0 Å². The van der Waals surface area contributed by atoms with E-state index in [0.717, 1.165) is 15.7 Å². The number of tetrazole rings is 1. The van der Waals surface area contributed by atoms with Crippen LogP contribution in [0.15, 0.2) is 59.1 Å². The Hall–Kier alpha value is -2.62. The van der Waals surface area contributed by atoms with Crippen LogP contribution >= 0.6 is 15.9 Å². The van der Waals surface area contributed by atoms with Crippen LogP contribution < -0.4 is 10.9 Å². The molecule has 1 aromatic heterocycles. The molecule has 1 saturated heterocycles. The lowest BCUT2D eigenvalue weighted by molar-refractivity contribution is -0.147. The van der Waals surface area contributed by atoms with E-state index in [1.165, 1.54) is 0 Å². The van der Waals surface area contributed by atoms with E-state index in [2.05, 4.69) is 42.3 Å². The van der Waals surface area contributed by atoms with Crippen molar-refractivity contribution in [1.82, 2.24) is 31.1 Å². The second-order valence-electron chi connectivity index (χ2n) is 6.13. The second kappa shape index (κ2) is 7.95. The van der Waals surface area contributed by atoms with Crippen LogP contribution in [0.4, 0.5) is 0 Å². The largest absolute Gasteiger partial charge is 0.456 e. The summed E-state index contributed by atoms with van der Waals surface area (Å²) in [6.07, 6.45) is 0.601. The molecule has 2 heterocycles. The molecule has 2 aromatic carbocycles. The number of nitrogens with zero attached hydrogens (tertiary/aromatic N) is 4. The van der Waals surface area contributed by atoms with Crippen molar-refractivity contribution >= 4 is 21.9 Å². The van der Waals surface area contributed by atoms with Gasteiger partial charge in [-0.1, -0.05) is 46.3 Å². The second-order valence-corrected chi connectivity index (χ2v) is 7.05. The van der Waals surface area contributed by atoms with Gasteiger partial charge in [-0.2, -0.15) is 4.68 Å². The van der Waals surface area contributed by atoms with Crippen LogP contribution in [0.1, 0.15) is 23.9 Å². The molecule has 1 aliphatic rings. The molecule has 0 aliphatic carbocycles. The first-order valence-corrected chi connectivity index (χ1v) is 9.26. The van der Waals surface area contributed by atoms with Crippen molar-refractivity contribution < 1.29 is 9.53 Å². The molecule has 138 valence electrons. The van der Waals surface area contributed by atoms with Crippen molar-refractivity contribution in [3.63, 3.8) is 0 Å². The van der Waals surface area contributed by atoms with Gasteiger partial charge >= 0.3 is 5.97 Å². The third kappa shape index (κ3) is 4.05. The summed E-state index contributed by atoms with van der Waals surface area (Å²) in [5.74, 6) is 0.120. The smallest absolute Gasteiger partial charge is 0.325 e. The van der Waals surface area contributed by atoms with Crippen LogP contribution in [0.2, 0.25) is 0 Å². The van der Waals surface area contributed by atoms with E-state index >= 15 is 0 Å². The summed E-state index contributed by atoms with van der Waals surface area (Å²) >= 11 is 3.42. The molecule has 27 heavy (non-hydrogen) atoms. The highest BCUT2D eigenvalue weighted by molar-refractivity contribution is 9.10. The van der Waals surface area contributed by atoms with Gasteiger partial charge in [0.2, 0.25) is 0 Å². The molecule has 4 rings (SSSR count). The number of carbonyl (C=O) groups excluding carboxylic acids is 1. The van der Waals surface area contributed by atoms with Gasteiger partial charge in [-0.15, -0.1) is 5.10 Å². The number of benzene rings is 2. The lowest BCUT2D eigenvalue weighted by Gasteiger charge is -2.10. The fraction of sp³-hybridized carbons (Fsp3) is 0.222. The molecule has 3 aromatic rings. The van der Waals surface area contributed by atoms with Gasteiger partial charge in [0.1, 0.15) is 6.04 Å². The van der Waals surface area contributed by atoms with E-state index in [0.29, 0.717) is 12.2 Å². The van der Waals surface area contributed by atoms with Gasteiger partial charge in [0.15, 0.2) is 12.4 Å². The number of ether oxygens (including phenoxy) is 1. The minimum atomic E-state index is -0.431. The summed E-state index contributed by atoms with van der Waals surface area (Å²) in [4.78, 5) is 12.4.